The van der Waals surface area contributed by atoms with Crippen molar-refractivity contribution in [3.63, 3.8) is 0 Å². The van der Waals surface area contributed by atoms with Crippen molar-refractivity contribution >= 4 is 11.9 Å². The second-order valence-corrected chi connectivity index (χ2v) is 1.98. The second kappa shape index (κ2) is 3.55. The fourth-order valence-corrected chi connectivity index (χ4v) is 0.491. The van der Waals surface area contributed by atoms with Crippen LogP contribution in [0.3, 0.4) is 0 Å². The largest absolute Gasteiger partial charge is 0.478 e. The minimum absolute atomic E-state index is 0.222. The molecular formula is C7H8O4. The quantitative estimate of drug-likeness (QED) is 0.465. The highest BCUT2D eigenvalue weighted by Crippen LogP contribution is 2.05. The average Bonchev–Trinajstić information content (AvgIpc) is 1.81. The first-order valence-corrected chi connectivity index (χ1v) is 2.79. The summed E-state index contributed by atoms with van der Waals surface area (Å²) in [5, 5.41) is 16.6. The fraction of sp³-hybridized carbons (Fsp3) is 0.143. The van der Waals surface area contributed by atoms with Gasteiger partial charge in [0.2, 0.25) is 0 Å². The monoisotopic (exact) mass is 156 g/mol. The van der Waals surface area contributed by atoms with E-state index in [-0.39, 0.29) is 11.1 Å². The maximum atomic E-state index is 10.3. The number of carboxylic acid groups (broad SMARTS) is 2. The Morgan fingerprint density at radius 2 is 1.82 bits per heavy atom. The predicted octanol–water partition coefficient (Wildman–Crippen LogP) is 0.658. The van der Waals surface area contributed by atoms with Crippen molar-refractivity contribution in [3.05, 3.63) is 23.8 Å². The standard InChI is InChI=1S/C7H8O4/c1-4(2)5(7(10)11)3-6(8)9/h3H,1H2,2H3,(H,8,9)(H,10,11)/b5-3+. The minimum atomic E-state index is -1.29. The number of rotatable bonds is 3. The predicted molar refractivity (Wildman–Crippen MR) is 38.2 cm³/mol. The molecule has 0 unspecified atom stereocenters. The molecule has 0 saturated heterocycles. The Balaban J connectivity index is 4.75. The van der Waals surface area contributed by atoms with Gasteiger partial charge in [-0.3, -0.25) is 0 Å². The summed E-state index contributed by atoms with van der Waals surface area (Å²) in [5.74, 6) is -2.56. The molecule has 0 rings (SSSR count). The van der Waals surface area contributed by atoms with Gasteiger partial charge < -0.3 is 10.2 Å². The van der Waals surface area contributed by atoms with E-state index in [0.29, 0.717) is 6.08 Å². The highest BCUT2D eigenvalue weighted by molar-refractivity contribution is 5.98. The molecule has 0 aromatic rings. The molecule has 4 nitrogen and oxygen atoms in total. The lowest BCUT2D eigenvalue weighted by Gasteiger charge is -1.96. The van der Waals surface area contributed by atoms with E-state index in [1.807, 2.05) is 0 Å². The van der Waals surface area contributed by atoms with Gasteiger partial charge in [0.25, 0.3) is 0 Å². The number of hydrogen-bond donors (Lipinski definition) is 2. The van der Waals surface area contributed by atoms with Gasteiger partial charge in [-0.2, -0.15) is 0 Å². The van der Waals surface area contributed by atoms with Gasteiger partial charge in [0.15, 0.2) is 0 Å². The molecule has 0 aliphatic rings. The molecule has 0 atom stereocenters. The summed E-state index contributed by atoms with van der Waals surface area (Å²) < 4.78 is 0. The van der Waals surface area contributed by atoms with Crippen molar-refractivity contribution in [1.82, 2.24) is 0 Å². The van der Waals surface area contributed by atoms with Crippen molar-refractivity contribution in [2.75, 3.05) is 0 Å². The maximum absolute atomic E-state index is 10.3. The van der Waals surface area contributed by atoms with Gasteiger partial charge in [0.05, 0.1) is 5.57 Å². The van der Waals surface area contributed by atoms with Crippen molar-refractivity contribution in [2.45, 2.75) is 6.92 Å². The van der Waals surface area contributed by atoms with Crippen molar-refractivity contribution in [1.29, 1.82) is 0 Å². The summed E-state index contributed by atoms with van der Waals surface area (Å²) in [6.07, 6.45) is 0.616. The van der Waals surface area contributed by atoms with E-state index in [4.69, 9.17) is 10.2 Å². The molecule has 60 valence electrons. The fourth-order valence-electron chi connectivity index (χ4n) is 0.491. The van der Waals surface area contributed by atoms with E-state index >= 15 is 0 Å². The Morgan fingerprint density at radius 3 is 1.91 bits per heavy atom. The van der Waals surface area contributed by atoms with Crippen LogP contribution in [0, 0.1) is 0 Å². The van der Waals surface area contributed by atoms with Crippen LogP contribution in [0.4, 0.5) is 0 Å². The number of carboxylic acids is 2. The summed E-state index contributed by atoms with van der Waals surface area (Å²) in [4.78, 5) is 20.3. The van der Waals surface area contributed by atoms with Gasteiger partial charge in [-0.1, -0.05) is 6.58 Å². The summed E-state index contributed by atoms with van der Waals surface area (Å²) >= 11 is 0. The highest BCUT2D eigenvalue weighted by Gasteiger charge is 2.08. The summed E-state index contributed by atoms with van der Waals surface area (Å²) in [7, 11) is 0. The van der Waals surface area contributed by atoms with Crippen molar-refractivity contribution in [2.24, 2.45) is 0 Å². The van der Waals surface area contributed by atoms with Crippen LogP contribution in [0.25, 0.3) is 0 Å². The molecule has 2 N–H and O–H groups in total. The zero-order chi connectivity index (χ0) is 9.02. The Labute approximate surface area is 63.5 Å². The molecule has 4 heteroatoms. The smallest absolute Gasteiger partial charge is 0.336 e. The molecule has 0 amide bonds. The van der Waals surface area contributed by atoms with E-state index in [1.54, 1.807) is 0 Å². The molecule has 0 aliphatic carbocycles. The normalized spacial score (nSPS) is 10.8. The molecule has 0 fully saturated rings. The van der Waals surface area contributed by atoms with E-state index in [1.165, 1.54) is 6.92 Å². The lowest BCUT2D eigenvalue weighted by molar-refractivity contribution is -0.134. The first-order chi connectivity index (χ1) is 4.95. The Morgan fingerprint density at radius 1 is 1.36 bits per heavy atom. The van der Waals surface area contributed by atoms with Crippen LogP contribution >= 0.6 is 0 Å². The first kappa shape index (κ1) is 9.42. The lowest BCUT2D eigenvalue weighted by atomic mass is 10.1. The van der Waals surface area contributed by atoms with Gasteiger partial charge in [0.1, 0.15) is 0 Å². The molecular weight excluding hydrogens is 148 g/mol. The van der Waals surface area contributed by atoms with Crippen LogP contribution in [0.2, 0.25) is 0 Å². The van der Waals surface area contributed by atoms with Gasteiger partial charge in [-0.25, -0.2) is 9.59 Å². The zero-order valence-electron chi connectivity index (χ0n) is 6.00. The Bertz CT molecular complexity index is 221. The zero-order valence-corrected chi connectivity index (χ0v) is 6.00. The first-order valence-electron chi connectivity index (χ1n) is 2.79. The molecule has 0 aromatic heterocycles. The summed E-state index contributed by atoms with van der Waals surface area (Å²) in [6.45, 7) is 4.75. The van der Waals surface area contributed by atoms with E-state index in [9.17, 15) is 9.59 Å². The third kappa shape index (κ3) is 3.20. The van der Waals surface area contributed by atoms with Crippen molar-refractivity contribution in [3.8, 4) is 0 Å². The third-order valence-electron chi connectivity index (χ3n) is 0.958. The molecule has 0 aromatic carbocycles. The molecule has 0 saturated carbocycles. The molecule has 0 radical (unpaired) electrons. The van der Waals surface area contributed by atoms with E-state index < -0.39 is 11.9 Å². The van der Waals surface area contributed by atoms with Crippen LogP contribution in [-0.2, 0) is 9.59 Å². The molecule has 0 bridgehead atoms. The molecule has 0 aliphatic heterocycles. The SMILES string of the molecule is C=C(C)/C(=C\C(=O)O)C(=O)O. The molecule has 11 heavy (non-hydrogen) atoms. The van der Waals surface area contributed by atoms with Gasteiger partial charge in [0, 0.05) is 6.08 Å². The Kier molecular flexibility index (Phi) is 3.04. The number of aliphatic carboxylic acids is 2. The van der Waals surface area contributed by atoms with Gasteiger partial charge in [-0.15, -0.1) is 0 Å². The second-order valence-electron chi connectivity index (χ2n) is 1.98. The van der Waals surface area contributed by atoms with Crippen LogP contribution in [0.1, 0.15) is 6.92 Å². The minimum Gasteiger partial charge on any atom is -0.478 e. The van der Waals surface area contributed by atoms with E-state index in [0.717, 1.165) is 0 Å². The van der Waals surface area contributed by atoms with Crippen LogP contribution in [-0.4, -0.2) is 22.2 Å². The lowest BCUT2D eigenvalue weighted by Crippen LogP contribution is -2.04. The summed E-state index contributed by atoms with van der Waals surface area (Å²) in [6, 6.07) is 0. The average molecular weight is 156 g/mol. The summed E-state index contributed by atoms with van der Waals surface area (Å²) in [5.41, 5.74) is -0.0580. The molecule has 0 heterocycles. The van der Waals surface area contributed by atoms with Crippen LogP contribution < -0.4 is 0 Å². The van der Waals surface area contributed by atoms with Gasteiger partial charge in [-0.05, 0) is 12.5 Å². The third-order valence-corrected chi connectivity index (χ3v) is 0.958. The van der Waals surface area contributed by atoms with Crippen molar-refractivity contribution < 1.29 is 19.8 Å². The highest BCUT2D eigenvalue weighted by atomic mass is 16.4. The maximum Gasteiger partial charge on any atom is 0.336 e. The number of hydrogen-bond acceptors (Lipinski definition) is 2. The van der Waals surface area contributed by atoms with E-state index in [2.05, 4.69) is 6.58 Å². The van der Waals surface area contributed by atoms with Crippen LogP contribution in [0.5, 0.6) is 0 Å². The topological polar surface area (TPSA) is 74.6 Å². The van der Waals surface area contributed by atoms with Gasteiger partial charge >= 0.3 is 11.9 Å². The molecule has 0 spiro atoms. The number of carbonyl (C=O) groups is 2. The Hall–Kier alpha value is -1.58. The van der Waals surface area contributed by atoms with Crippen LogP contribution in [0.15, 0.2) is 23.8 Å².